The van der Waals surface area contributed by atoms with Crippen LogP contribution in [0.1, 0.15) is 32.0 Å². The second-order valence-corrected chi connectivity index (χ2v) is 7.15. The van der Waals surface area contributed by atoms with E-state index in [9.17, 15) is 0 Å². The number of morpholine rings is 1. The van der Waals surface area contributed by atoms with Gasteiger partial charge in [0.15, 0.2) is 5.82 Å². The summed E-state index contributed by atoms with van der Waals surface area (Å²) in [6, 6.07) is 8.25. The topological polar surface area (TPSA) is 63.2 Å². The van der Waals surface area contributed by atoms with E-state index < -0.39 is 0 Å². The zero-order chi connectivity index (χ0) is 17.2. The molecule has 0 unspecified atom stereocenters. The molecule has 1 aromatic heterocycles. The number of ether oxygens (including phenoxy) is 1. The number of nitrogens with one attached hydrogen (secondary N) is 1. The van der Waals surface area contributed by atoms with E-state index in [2.05, 4.69) is 60.2 Å². The molecule has 0 saturated carbocycles. The van der Waals surface area contributed by atoms with E-state index in [1.54, 1.807) is 0 Å². The van der Waals surface area contributed by atoms with Crippen LogP contribution in [0.4, 0.5) is 17.5 Å². The minimum absolute atomic E-state index is 0.143. The molecule has 3 rings (SSSR count). The van der Waals surface area contributed by atoms with Crippen molar-refractivity contribution in [2.75, 3.05) is 36.5 Å². The minimum atomic E-state index is -0.143. The molecule has 1 aromatic carbocycles. The summed E-state index contributed by atoms with van der Waals surface area (Å²) >= 11 is 0. The lowest BCUT2D eigenvalue weighted by Gasteiger charge is -2.28. The van der Waals surface area contributed by atoms with Gasteiger partial charge in [-0.05, 0) is 24.6 Å². The summed E-state index contributed by atoms with van der Waals surface area (Å²) in [6.07, 6.45) is 0. The second-order valence-electron chi connectivity index (χ2n) is 7.15. The third-order valence-electron chi connectivity index (χ3n) is 3.96. The van der Waals surface area contributed by atoms with Crippen LogP contribution in [0, 0.1) is 6.92 Å². The summed E-state index contributed by atoms with van der Waals surface area (Å²) in [6.45, 7) is 11.4. The summed E-state index contributed by atoms with van der Waals surface area (Å²) in [5, 5.41) is 12.3. The molecule has 2 heterocycles. The van der Waals surface area contributed by atoms with Gasteiger partial charge >= 0.3 is 0 Å². The van der Waals surface area contributed by atoms with Crippen molar-refractivity contribution >= 4 is 17.5 Å². The zero-order valence-corrected chi connectivity index (χ0v) is 14.8. The Bertz CT molecular complexity index is 705. The summed E-state index contributed by atoms with van der Waals surface area (Å²) in [4.78, 5) is 6.89. The van der Waals surface area contributed by atoms with Gasteiger partial charge in [-0.3, -0.25) is 0 Å². The summed E-state index contributed by atoms with van der Waals surface area (Å²) in [7, 11) is 0. The molecule has 6 nitrogen and oxygen atoms in total. The Balaban J connectivity index is 1.96. The van der Waals surface area contributed by atoms with Crippen molar-refractivity contribution in [3.63, 3.8) is 0 Å². The zero-order valence-electron chi connectivity index (χ0n) is 14.8. The summed E-state index contributed by atoms with van der Waals surface area (Å²) in [5.74, 6) is 1.42. The maximum Gasteiger partial charge on any atom is 0.247 e. The Hall–Kier alpha value is -2.21. The highest BCUT2D eigenvalue weighted by Gasteiger charge is 2.24. The van der Waals surface area contributed by atoms with Gasteiger partial charge in [-0.2, -0.15) is 4.98 Å². The smallest absolute Gasteiger partial charge is 0.247 e. The molecule has 6 heteroatoms. The first-order chi connectivity index (χ1) is 11.4. The van der Waals surface area contributed by atoms with Crippen molar-refractivity contribution in [2.24, 2.45) is 0 Å². The average molecular weight is 327 g/mol. The first kappa shape index (κ1) is 16.6. The molecule has 0 bridgehead atoms. The largest absolute Gasteiger partial charge is 0.378 e. The number of aromatic nitrogens is 3. The molecule has 128 valence electrons. The molecule has 0 aliphatic carbocycles. The maximum absolute atomic E-state index is 5.40. The lowest BCUT2D eigenvalue weighted by Crippen LogP contribution is -2.38. The number of anilines is 3. The number of rotatable bonds is 3. The fourth-order valence-corrected chi connectivity index (χ4v) is 2.67. The van der Waals surface area contributed by atoms with E-state index in [-0.39, 0.29) is 5.41 Å². The van der Waals surface area contributed by atoms with Crippen LogP contribution in [0.3, 0.4) is 0 Å². The molecule has 1 aliphatic rings. The van der Waals surface area contributed by atoms with E-state index in [1.165, 1.54) is 5.56 Å². The fraction of sp³-hybridized carbons (Fsp3) is 0.500. The number of aryl methyl sites for hydroxylation is 1. The Morgan fingerprint density at radius 2 is 1.88 bits per heavy atom. The van der Waals surface area contributed by atoms with Gasteiger partial charge in [0.2, 0.25) is 5.95 Å². The van der Waals surface area contributed by atoms with Crippen molar-refractivity contribution in [3.8, 4) is 0 Å². The lowest BCUT2D eigenvalue weighted by atomic mass is 9.92. The summed E-state index contributed by atoms with van der Waals surface area (Å²) in [5.41, 5.74) is 2.93. The van der Waals surface area contributed by atoms with Gasteiger partial charge in [-0.15, -0.1) is 10.2 Å². The quantitative estimate of drug-likeness (QED) is 0.935. The van der Waals surface area contributed by atoms with Crippen LogP contribution in [0.25, 0.3) is 0 Å². The molecule has 2 aromatic rings. The van der Waals surface area contributed by atoms with Gasteiger partial charge in [0.1, 0.15) is 5.69 Å². The SMILES string of the molecule is Cc1cccc(Nc2nc(N3CCOCC3)nnc2C(C)(C)C)c1. The molecule has 1 fully saturated rings. The van der Waals surface area contributed by atoms with Crippen LogP contribution in [-0.4, -0.2) is 41.5 Å². The van der Waals surface area contributed by atoms with Crippen LogP contribution in [0.5, 0.6) is 0 Å². The van der Waals surface area contributed by atoms with Crippen molar-refractivity contribution in [1.29, 1.82) is 0 Å². The van der Waals surface area contributed by atoms with Crippen LogP contribution >= 0.6 is 0 Å². The molecule has 24 heavy (non-hydrogen) atoms. The molecule has 0 spiro atoms. The Kier molecular flexibility index (Phi) is 4.66. The highest BCUT2D eigenvalue weighted by atomic mass is 16.5. The predicted octanol–water partition coefficient (Wildman–Crippen LogP) is 3.06. The third kappa shape index (κ3) is 3.82. The Morgan fingerprint density at radius 1 is 1.12 bits per heavy atom. The first-order valence-corrected chi connectivity index (χ1v) is 8.35. The average Bonchev–Trinajstić information content (AvgIpc) is 2.54. The van der Waals surface area contributed by atoms with Crippen LogP contribution in [-0.2, 0) is 10.2 Å². The van der Waals surface area contributed by atoms with Gasteiger partial charge < -0.3 is 15.0 Å². The lowest BCUT2D eigenvalue weighted by molar-refractivity contribution is 0.122. The minimum Gasteiger partial charge on any atom is -0.378 e. The van der Waals surface area contributed by atoms with Gasteiger partial charge in [0.25, 0.3) is 0 Å². The molecular weight excluding hydrogens is 302 g/mol. The molecule has 1 aliphatic heterocycles. The Labute approximate surface area is 143 Å². The van der Waals surface area contributed by atoms with E-state index in [0.29, 0.717) is 19.2 Å². The van der Waals surface area contributed by atoms with Crippen LogP contribution in [0.15, 0.2) is 24.3 Å². The summed E-state index contributed by atoms with van der Waals surface area (Å²) < 4.78 is 5.40. The van der Waals surface area contributed by atoms with Crippen molar-refractivity contribution in [2.45, 2.75) is 33.1 Å². The predicted molar refractivity (Wildman–Crippen MR) is 96.0 cm³/mol. The first-order valence-electron chi connectivity index (χ1n) is 8.35. The van der Waals surface area contributed by atoms with Crippen LogP contribution < -0.4 is 10.2 Å². The molecule has 1 N–H and O–H groups in total. The van der Waals surface area contributed by atoms with Crippen molar-refractivity contribution < 1.29 is 4.74 Å². The van der Waals surface area contributed by atoms with Gasteiger partial charge in [0, 0.05) is 24.2 Å². The number of nitrogens with zero attached hydrogens (tertiary/aromatic N) is 4. The highest BCUT2D eigenvalue weighted by molar-refractivity contribution is 5.61. The van der Waals surface area contributed by atoms with Crippen LogP contribution in [0.2, 0.25) is 0 Å². The number of benzene rings is 1. The van der Waals surface area contributed by atoms with Crippen molar-refractivity contribution in [3.05, 3.63) is 35.5 Å². The van der Waals surface area contributed by atoms with E-state index in [1.807, 2.05) is 12.1 Å². The second kappa shape index (κ2) is 6.73. The standard InChI is InChI=1S/C18H25N5O/c1-13-6-5-7-14(12-13)19-16-15(18(2,3)4)21-22-17(20-16)23-8-10-24-11-9-23/h5-7,12H,8-11H2,1-4H3,(H,19,20,22). The molecule has 0 amide bonds. The van der Waals surface area contributed by atoms with Gasteiger partial charge in [-0.1, -0.05) is 32.9 Å². The number of hydrogen-bond donors (Lipinski definition) is 1. The van der Waals surface area contributed by atoms with E-state index >= 15 is 0 Å². The monoisotopic (exact) mass is 327 g/mol. The number of hydrogen-bond acceptors (Lipinski definition) is 6. The fourth-order valence-electron chi connectivity index (χ4n) is 2.67. The Morgan fingerprint density at radius 3 is 2.54 bits per heavy atom. The molecular formula is C18H25N5O. The van der Waals surface area contributed by atoms with E-state index in [0.717, 1.165) is 30.3 Å². The normalized spacial score (nSPS) is 15.4. The molecule has 0 radical (unpaired) electrons. The maximum atomic E-state index is 5.40. The molecule has 0 atom stereocenters. The van der Waals surface area contributed by atoms with Gasteiger partial charge in [-0.25, -0.2) is 0 Å². The van der Waals surface area contributed by atoms with Gasteiger partial charge in [0.05, 0.1) is 13.2 Å². The third-order valence-corrected chi connectivity index (χ3v) is 3.96. The van der Waals surface area contributed by atoms with E-state index in [4.69, 9.17) is 9.72 Å². The van der Waals surface area contributed by atoms with Crippen molar-refractivity contribution in [1.82, 2.24) is 15.2 Å². The highest BCUT2D eigenvalue weighted by Crippen LogP contribution is 2.29. The molecule has 1 saturated heterocycles.